The van der Waals surface area contributed by atoms with Crippen LogP contribution in [0.4, 0.5) is 0 Å². The zero-order chi connectivity index (χ0) is 22.9. The van der Waals surface area contributed by atoms with Crippen LogP contribution < -0.4 is 24.8 Å². The minimum atomic E-state index is 0.0901. The van der Waals surface area contributed by atoms with Crippen molar-refractivity contribution in [1.29, 1.82) is 0 Å². The summed E-state index contributed by atoms with van der Waals surface area (Å²) in [5, 5.41) is 6.79. The Bertz CT molecular complexity index is 867. The highest BCUT2D eigenvalue weighted by Gasteiger charge is 2.25. The number of methoxy groups -OCH3 is 3. The molecule has 1 atom stereocenters. The Morgan fingerprint density at radius 1 is 1.06 bits per heavy atom. The van der Waals surface area contributed by atoms with E-state index in [2.05, 4.69) is 20.5 Å². The minimum absolute atomic E-state index is 0.0901. The topological polar surface area (TPSA) is 89.7 Å². The van der Waals surface area contributed by atoms with Crippen molar-refractivity contribution in [2.45, 2.75) is 19.5 Å². The van der Waals surface area contributed by atoms with Crippen LogP contribution in [0.5, 0.6) is 17.2 Å². The Kier molecular flexibility index (Phi) is 8.64. The van der Waals surface area contributed by atoms with Crippen molar-refractivity contribution in [3.8, 4) is 17.2 Å². The van der Waals surface area contributed by atoms with E-state index in [-0.39, 0.29) is 6.04 Å². The lowest BCUT2D eigenvalue weighted by molar-refractivity contribution is 0.0124. The summed E-state index contributed by atoms with van der Waals surface area (Å²) in [7, 11) is 6.56. The van der Waals surface area contributed by atoms with Gasteiger partial charge in [-0.3, -0.25) is 9.89 Å². The van der Waals surface area contributed by atoms with Gasteiger partial charge in [-0.05, 0) is 36.8 Å². The van der Waals surface area contributed by atoms with Crippen LogP contribution in [0.1, 0.15) is 23.1 Å². The van der Waals surface area contributed by atoms with Gasteiger partial charge in [0.1, 0.15) is 11.5 Å². The van der Waals surface area contributed by atoms with Crippen LogP contribution in [0, 0.1) is 6.92 Å². The average molecular weight is 447 g/mol. The molecule has 1 saturated heterocycles. The number of furan rings is 1. The molecule has 0 saturated carbocycles. The number of ether oxygens (including phenoxy) is 4. The van der Waals surface area contributed by atoms with Gasteiger partial charge in [0.15, 0.2) is 17.5 Å². The molecular formula is C23H34N4O5. The van der Waals surface area contributed by atoms with Crippen LogP contribution in [0.15, 0.2) is 33.7 Å². The summed E-state index contributed by atoms with van der Waals surface area (Å²) in [6.07, 6.45) is 0. The van der Waals surface area contributed by atoms with Crippen LogP contribution in [0.2, 0.25) is 0 Å². The highest BCUT2D eigenvalue weighted by atomic mass is 16.5. The Labute approximate surface area is 189 Å². The third-order valence-electron chi connectivity index (χ3n) is 5.45. The lowest BCUT2D eigenvalue weighted by Crippen LogP contribution is -2.46. The largest absolute Gasteiger partial charge is 0.493 e. The normalized spacial score (nSPS) is 15.8. The van der Waals surface area contributed by atoms with Crippen molar-refractivity contribution in [3.63, 3.8) is 0 Å². The molecule has 1 unspecified atom stereocenters. The maximum atomic E-state index is 5.94. The molecule has 1 aromatic carbocycles. The monoisotopic (exact) mass is 446 g/mol. The zero-order valence-corrected chi connectivity index (χ0v) is 19.6. The molecule has 9 nitrogen and oxygen atoms in total. The Morgan fingerprint density at radius 3 is 2.28 bits per heavy atom. The van der Waals surface area contributed by atoms with Crippen molar-refractivity contribution >= 4 is 5.96 Å². The predicted molar refractivity (Wildman–Crippen MR) is 123 cm³/mol. The summed E-state index contributed by atoms with van der Waals surface area (Å²) in [4.78, 5) is 6.75. The molecule has 2 heterocycles. The molecule has 0 amide bonds. The Hall–Kier alpha value is -2.91. The zero-order valence-electron chi connectivity index (χ0n) is 19.6. The quantitative estimate of drug-likeness (QED) is 0.448. The van der Waals surface area contributed by atoms with Crippen LogP contribution in [-0.2, 0) is 11.3 Å². The van der Waals surface area contributed by atoms with Crippen molar-refractivity contribution < 1.29 is 23.4 Å². The molecule has 32 heavy (non-hydrogen) atoms. The van der Waals surface area contributed by atoms with Gasteiger partial charge in [-0.25, -0.2) is 0 Å². The SMILES string of the molecule is CN=C(NCc1cc(OC)c(OC)c(OC)c1)NCC(c1ccc(C)o1)N1CCOCC1. The number of morpholine rings is 1. The fourth-order valence-electron chi connectivity index (χ4n) is 3.77. The second kappa shape index (κ2) is 11.6. The van der Waals surface area contributed by atoms with Crippen LogP contribution in [-0.4, -0.2) is 72.1 Å². The van der Waals surface area contributed by atoms with E-state index in [0.717, 1.165) is 43.4 Å². The number of nitrogens with zero attached hydrogens (tertiary/aromatic N) is 2. The Balaban J connectivity index is 1.65. The fourth-order valence-corrected chi connectivity index (χ4v) is 3.77. The maximum Gasteiger partial charge on any atom is 0.203 e. The molecule has 2 aromatic rings. The third-order valence-corrected chi connectivity index (χ3v) is 5.45. The van der Waals surface area contributed by atoms with Crippen LogP contribution >= 0.6 is 0 Å². The molecule has 0 aliphatic carbocycles. The van der Waals surface area contributed by atoms with Gasteiger partial charge in [-0.2, -0.15) is 0 Å². The third kappa shape index (κ3) is 5.86. The van der Waals surface area contributed by atoms with Crippen molar-refractivity contribution in [3.05, 3.63) is 41.3 Å². The Morgan fingerprint density at radius 2 is 1.75 bits per heavy atom. The summed E-state index contributed by atoms with van der Waals surface area (Å²) < 4.78 is 27.8. The van der Waals surface area contributed by atoms with Gasteiger partial charge >= 0.3 is 0 Å². The smallest absolute Gasteiger partial charge is 0.203 e. The highest BCUT2D eigenvalue weighted by Crippen LogP contribution is 2.38. The van der Waals surface area contributed by atoms with Crippen molar-refractivity contribution in [1.82, 2.24) is 15.5 Å². The van der Waals surface area contributed by atoms with E-state index in [1.807, 2.05) is 31.2 Å². The standard InChI is InChI=1S/C23H34N4O5/c1-16-6-7-19(32-16)18(27-8-10-31-11-9-27)15-26-23(24-2)25-14-17-12-20(28-3)22(30-5)21(13-17)29-4/h6-7,12-13,18H,8-11,14-15H2,1-5H3,(H2,24,25,26). The van der Waals surface area contributed by atoms with Crippen LogP contribution in [0.25, 0.3) is 0 Å². The number of nitrogens with one attached hydrogen (secondary N) is 2. The van der Waals surface area contributed by atoms with E-state index in [0.29, 0.717) is 36.3 Å². The van der Waals surface area contributed by atoms with E-state index in [1.165, 1.54) is 0 Å². The summed E-state index contributed by atoms with van der Waals surface area (Å²) in [6.45, 7) is 6.34. The van der Waals surface area contributed by atoms with Crippen molar-refractivity contribution in [2.75, 3.05) is 61.2 Å². The number of aryl methyl sites for hydroxylation is 1. The maximum absolute atomic E-state index is 5.94. The number of aliphatic imine (C=N–C) groups is 1. The molecule has 0 radical (unpaired) electrons. The molecule has 1 aliphatic rings. The molecule has 1 aromatic heterocycles. The molecule has 2 N–H and O–H groups in total. The van der Waals surface area contributed by atoms with Gasteiger partial charge in [-0.15, -0.1) is 0 Å². The number of benzene rings is 1. The van der Waals surface area contributed by atoms with E-state index >= 15 is 0 Å². The molecule has 0 spiro atoms. The second-order valence-corrected chi connectivity index (χ2v) is 7.45. The highest BCUT2D eigenvalue weighted by molar-refractivity contribution is 5.79. The number of rotatable bonds is 9. The van der Waals surface area contributed by atoms with Gasteiger partial charge < -0.3 is 34.0 Å². The van der Waals surface area contributed by atoms with Gasteiger partial charge in [0.2, 0.25) is 5.75 Å². The molecule has 176 valence electrons. The van der Waals surface area contributed by atoms with E-state index < -0.39 is 0 Å². The molecule has 3 rings (SSSR count). The van der Waals surface area contributed by atoms with Gasteiger partial charge in [0, 0.05) is 33.2 Å². The van der Waals surface area contributed by atoms with Gasteiger partial charge in [0.25, 0.3) is 0 Å². The minimum Gasteiger partial charge on any atom is -0.493 e. The summed E-state index contributed by atoms with van der Waals surface area (Å²) in [6, 6.07) is 7.98. The molecule has 9 heteroatoms. The number of hydrogen-bond donors (Lipinski definition) is 2. The van der Waals surface area contributed by atoms with E-state index in [4.69, 9.17) is 23.4 Å². The van der Waals surface area contributed by atoms with E-state index in [1.54, 1.807) is 28.4 Å². The fraction of sp³-hybridized carbons (Fsp3) is 0.522. The lowest BCUT2D eigenvalue weighted by Gasteiger charge is -2.33. The first-order valence-corrected chi connectivity index (χ1v) is 10.7. The summed E-state index contributed by atoms with van der Waals surface area (Å²) in [5.41, 5.74) is 0.980. The molecular weight excluding hydrogens is 412 g/mol. The van der Waals surface area contributed by atoms with E-state index in [9.17, 15) is 0 Å². The summed E-state index contributed by atoms with van der Waals surface area (Å²) in [5.74, 6) is 4.35. The summed E-state index contributed by atoms with van der Waals surface area (Å²) >= 11 is 0. The first kappa shape index (κ1) is 23.7. The van der Waals surface area contributed by atoms with Crippen LogP contribution in [0.3, 0.4) is 0 Å². The van der Waals surface area contributed by atoms with Crippen molar-refractivity contribution in [2.24, 2.45) is 4.99 Å². The van der Waals surface area contributed by atoms with Gasteiger partial charge in [-0.1, -0.05) is 0 Å². The second-order valence-electron chi connectivity index (χ2n) is 7.45. The number of hydrogen-bond acceptors (Lipinski definition) is 7. The van der Waals surface area contributed by atoms with Gasteiger partial charge in [0.05, 0.1) is 40.6 Å². The molecule has 1 fully saturated rings. The molecule has 1 aliphatic heterocycles. The average Bonchev–Trinajstić information content (AvgIpc) is 3.26. The predicted octanol–water partition coefficient (Wildman–Crippen LogP) is 2.35. The lowest BCUT2D eigenvalue weighted by atomic mass is 10.1. The first-order valence-electron chi connectivity index (χ1n) is 10.7. The molecule has 0 bridgehead atoms. The number of guanidine groups is 1. The first-order chi connectivity index (χ1) is 15.6.